The van der Waals surface area contributed by atoms with Crippen LogP contribution in [0.2, 0.25) is 0 Å². The van der Waals surface area contributed by atoms with Crippen molar-refractivity contribution in [3.05, 3.63) is 70.9 Å². The number of aryl methyl sites for hydroxylation is 1. The Hall–Kier alpha value is -4.01. The van der Waals surface area contributed by atoms with Crippen LogP contribution in [0.1, 0.15) is 24.3 Å². The fourth-order valence-corrected chi connectivity index (χ4v) is 5.45. The maximum Gasteiger partial charge on any atom is 0.191 e. The number of hydrogen-bond acceptors (Lipinski definition) is 4. The summed E-state index contributed by atoms with van der Waals surface area (Å²) in [5.74, 6) is -0.486. The number of rotatable bonds is 1. The first-order chi connectivity index (χ1) is 14.6. The van der Waals surface area contributed by atoms with E-state index in [0.717, 1.165) is 45.8 Å². The Bertz CT molecular complexity index is 1400. The third kappa shape index (κ3) is 2.08. The Kier molecular flexibility index (Phi) is 3.76. The van der Waals surface area contributed by atoms with E-state index in [4.69, 9.17) is 5.73 Å². The molecule has 0 radical (unpaired) electrons. The largest absolute Gasteiger partial charge is 0.399 e. The number of allylic oxidation sites excluding steroid dienone is 4. The molecule has 2 aliphatic rings. The van der Waals surface area contributed by atoms with Crippen molar-refractivity contribution in [2.75, 3.05) is 0 Å². The molecule has 5 nitrogen and oxygen atoms in total. The number of nitrogens with zero attached hydrogens (tertiary/aromatic N) is 4. The zero-order valence-electron chi connectivity index (χ0n) is 16.6. The molecule has 0 aliphatic heterocycles. The molecule has 0 fully saturated rings. The van der Waals surface area contributed by atoms with Crippen LogP contribution in [0.15, 0.2) is 65.4 Å². The van der Waals surface area contributed by atoms with Gasteiger partial charge in [-0.05, 0) is 48.1 Å². The van der Waals surface area contributed by atoms with Gasteiger partial charge in [0.05, 0.1) is 23.4 Å². The summed E-state index contributed by atoms with van der Waals surface area (Å²) in [6.07, 6.45) is 3.66. The summed E-state index contributed by atoms with van der Waals surface area (Å²) < 4.78 is 2.15. The maximum atomic E-state index is 10.1. The molecule has 1 aromatic heterocycles. The lowest BCUT2D eigenvalue weighted by Gasteiger charge is -2.40. The van der Waals surface area contributed by atoms with Gasteiger partial charge in [-0.25, -0.2) is 0 Å². The minimum Gasteiger partial charge on any atom is -0.399 e. The predicted octanol–water partition coefficient (Wildman–Crippen LogP) is 4.54. The van der Waals surface area contributed by atoms with E-state index in [1.807, 2.05) is 31.3 Å². The van der Waals surface area contributed by atoms with Crippen molar-refractivity contribution in [2.24, 2.45) is 24.1 Å². The molecule has 0 spiro atoms. The third-order valence-corrected chi connectivity index (χ3v) is 6.85. The van der Waals surface area contributed by atoms with E-state index in [2.05, 4.69) is 47.0 Å². The average Bonchev–Trinajstić information content (AvgIpc) is 3.36. The molecule has 0 saturated carbocycles. The molecule has 0 saturated heterocycles. The molecule has 2 unspecified atom stereocenters. The summed E-state index contributed by atoms with van der Waals surface area (Å²) in [7, 11) is 2.04. The number of nitrogens with two attached hydrogens (primary N) is 1. The van der Waals surface area contributed by atoms with Gasteiger partial charge in [-0.1, -0.05) is 30.3 Å². The normalized spacial score (nSPS) is 22.3. The maximum absolute atomic E-state index is 10.1. The lowest BCUT2D eigenvalue weighted by Crippen LogP contribution is -2.41. The Balaban J connectivity index is 1.82. The van der Waals surface area contributed by atoms with E-state index in [1.165, 1.54) is 0 Å². The van der Waals surface area contributed by atoms with Gasteiger partial charge in [-0.3, -0.25) is 0 Å². The molecule has 2 N–H and O–H groups in total. The molecule has 2 aliphatic carbocycles. The Morgan fingerprint density at radius 1 is 1.03 bits per heavy atom. The quantitative estimate of drug-likeness (QED) is 0.660. The van der Waals surface area contributed by atoms with Crippen LogP contribution in [0.25, 0.3) is 21.8 Å². The van der Waals surface area contributed by atoms with Crippen molar-refractivity contribution in [1.29, 1.82) is 15.8 Å². The topological polar surface area (TPSA) is 102 Å². The van der Waals surface area contributed by atoms with E-state index in [-0.39, 0.29) is 11.6 Å². The van der Waals surface area contributed by atoms with Gasteiger partial charge in [-0.15, -0.1) is 0 Å². The molecular formula is C25H19N5. The molecule has 3 aromatic rings. The minimum atomic E-state index is -1.56. The van der Waals surface area contributed by atoms with Crippen LogP contribution in [0.5, 0.6) is 0 Å². The van der Waals surface area contributed by atoms with Gasteiger partial charge in [0.15, 0.2) is 5.41 Å². The van der Waals surface area contributed by atoms with Crippen LogP contribution < -0.4 is 5.73 Å². The summed E-state index contributed by atoms with van der Waals surface area (Å²) in [6.45, 7) is 0. The summed E-state index contributed by atoms with van der Waals surface area (Å²) in [6, 6.07) is 20.9. The number of para-hydroxylation sites is 1. The summed E-state index contributed by atoms with van der Waals surface area (Å²) in [4.78, 5) is 0. The van der Waals surface area contributed by atoms with Crippen LogP contribution in [-0.2, 0) is 7.05 Å². The molecule has 30 heavy (non-hydrogen) atoms. The number of nitriles is 3. The molecule has 0 amide bonds. The zero-order valence-corrected chi connectivity index (χ0v) is 16.6. The molecular weight excluding hydrogens is 370 g/mol. The molecule has 2 aromatic carbocycles. The fraction of sp³-hybridized carbons (Fsp3) is 0.240. The predicted molar refractivity (Wildman–Crippen MR) is 114 cm³/mol. The van der Waals surface area contributed by atoms with Crippen LogP contribution in [-0.4, -0.2) is 4.57 Å². The highest BCUT2D eigenvalue weighted by molar-refractivity contribution is 6.08. The lowest BCUT2D eigenvalue weighted by molar-refractivity contribution is 0.345. The highest BCUT2D eigenvalue weighted by Crippen LogP contribution is 2.56. The fourth-order valence-electron chi connectivity index (χ4n) is 5.45. The summed E-state index contributed by atoms with van der Waals surface area (Å²) in [5.41, 5.74) is 9.21. The Labute approximate surface area is 174 Å². The average molecular weight is 389 g/mol. The Morgan fingerprint density at radius 3 is 2.50 bits per heavy atom. The van der Waals surface area contributed by atoms with Gasteiger partial charge in [-0.2, -0.15) is 15.8 Å². The van der Waals surface area contributed by atoms with Crippen LogP contribution >= 0.6 is 0 Å². The molecule has 5 heteroatoms. The van der Waals surface area contributed by atoms with E-state index in [9.17, 15) is 15.8 Å². The first-order valence-electron chi connectivity index (χ1n) is 9.97. The molecule has 2 atom stereocenters. The standard InChI is InChI=1S/C25H19N5/c1-30-21-8-3-2-5-17(21)19-11-15(9-10-22(19)30)23-18-7-4-6-16(18)20(12-26)24(29)25(23,13-27)14-28/h2-3,5-6,8-11,18,23H,4,7,29H2,1H3. The van der Waals surface area contributed by atoms with Gasteiger partial charge < -0.3 is 10.3 Å². The minimum absolute atomic E-state index is 0.0707. The van der Waals surface area contributed by atoms with Gasteiger partial charge in [0, 0.05) is 34.8 Å². The Morgan fingerprint density at radius 2 is 1.77 bits per heavy atom. The van der Waals surface area contributed by atoms with E-state index < -0.39 is 11.3 Å². The second-order valence-corrected chi connectivity index (χ2v) is 8.11. The van der Waals surface area contributed by atoms with Gasteiger partial charge in [0.2, 0.25) is 0 Å². The monoisotopic (exact) mass is 389 g/mol. The molecule has 1 heterocycles. The first-order valence-corrected chi connectivity index (χ1v) is 9.97. The smallest absolute Gasteiger partial charge is 0.191 e. The van der Waals surface area contributed by atoms with Crippen LogP contribution in [0.4, 0.5) is 0 Å². The van der Waals surface area contributed by atoms with Crippen LogP contribution in [0, 0.1) is 45.3 Å². The number of benzene rings is 2. The summed E-state index contributed by atoms with van der Waals surface area (Å²) >= 11 is 0. The molecule has 0 bridgehead atoms. The highest BCUT2D eigenvalue weighted by Gasteiger charge is 2.54. The van der Waals surface area contributed by atoms with E-state index in [0.29, 0.717) is 5.57 Å². The number of aromatic nitrogens is 1. The first kappa shape index (κ1) is 18.0. The van der Waals surface area contributed by atoms with Gasteiger partial charge >= 0.3 is 0 Å². The van der Waals surface area contributed by atoms with Crippen molar-refractivity contribution in [3.63, 3.8) is 0 Å². The third-order valence-electron chi connectivity index (χ3n) is 6.85. The van der Waals surface area contributed by atoms with Crippen molar-refractivity contribution < 1.29 is 0 Å². The van der Waals surface area contributed by atoms with Crippen molar-refractivity contribution in [1.82, 2.24) is 4.57 Å². The van der Waals surface area contributed by atoms with Crippen LogP contribution in [0.3, 0.4) is 0 Å². The second-order valence-electron chi connectivity index (χ2n) is 8.11. The number of hydrogen-bond donors (Lipinski definition) is 1. The lowest BCUT2D eigenvalue weighted by atomic mass is 9.59. The van der Waals surface area contributed by atoms with Gasteiger partial charge in [0.1, 0.15) is 6.07 Å². The number of fused-ring (bicyclic) bond motifs is 4. The van der Waals surface area contributed by atoms with E-state index in [1.54, 1.807) is 0 Å². The van der Waals surface area contributed by atoms with Crippen molar-refractivity contribution in [2.45, 2.75) is 18.8 Å². The zero-order chi connectivity index (χ0) is 21.0. The molecule has 5 rings (SSSR count). The highest BCUT2D eigenvalue weighted by atomic mass is 14.9. The van der Waals surface area contributed by atoms with E-state index >= 15 is 0 Å². The second kappa shape index (κ2) is 6.24. The SMILES string of the molecule is Cn1c2ccccc2c2cc(C3C4CCC=C4C(C#N)=C(N)C3(C#N)C#N)ccc21. The van der Waals surface area contributed by atoms with Crippen molar-refractivity contribution in [3.8, 4) is 18.2 Å². The van der Waals surface area contributed by atoms with Crippen molar-refractivity contribution >= 4 is 21.8 Å². The molecule has 144 valence electrons. The van der Waals surface area contributed by atoms with Gasteiger partial charge in [0.25, 0.3) is 0 Å². The summed E-state index contributed by atoms with van der Waals surface area (Å²) in [5, 5.41) is 32.2.